The summed E-state index contributed by atoms with van der Waals surface area (Å²) in [6.45, 7) is 0. The summed E-state index contributed by atoms with van der Waals surface area (Å²) in [4.78, 5) is 22.6. The van der Waals surface area contributed by atoms with Gasteiger partial charge in [-0.05, 0) is 58.5 Å². The van der Waals surface area contributed by atoms with Gasteiger partial charge in [-0.2, -0.15) is 0 Å². The molecule has 0 aliphatic carbocycles. The van der Waals surface area contributed by atoms with E-state index in [2.05, 4.69) is 27.9 Å². The minimum atomic E-state index is -0.814. The molecule has 0 saturated heterocycles. The monoisotopic (exact) mass is 427 g/mol. The van der Waals surface area contributed by atoms with Crippen LogP contribution in [0.3, 0.4) is 0 Å². The number of halogens is 1. The first-order valence-electron chi connectivity index (χ1n) is 6.50. The molecule has 6 heteroatoms. The average molecular weight is 427 g/mol. The molecular weight excluding hydrogens is 413 g/mol. The van der Waals surface area contributed by atoms with E-state index in [9.17, 15) is 9.59 Å². The number of anilines is 1. The largest absolute Gasteiger partial charge is 0.481 e. The quantitative estimate of drug-likeness (QED) is 0.688. The van der Waals surface area contributed by atoms with Gasteiger partial charge in [0.1, 0.15) is 0 Å². The van der Waals surface area contributed by atoms with Crippen LogP contribution >= 0.6 is 34.4 Å². The van der Waals surface area contributed by atoms with Gasteiger partial charge in [0.15, 0.2) is 0 Å². The van der Waals surface area contributed by atoms with Crippen LogP contribution in [0, 0.1) is 3.57 Å². The molecule has 0 fully saturated rings. The van der Waals surface area contributed by atoms with Crippen LogP contribution in [0.1, 0.15) is 15.9 Å². The van der Waals surface area contributed by atoms with Crippen molar-refractivity contribution >= 4 is 51.9 Å². The fraction of sp³-hybridized carbons (Fsp3) is 0.125. The van der Waals surface area contributed by atoms with Gasteiger partial charge in [-0.15, -0.1) is 11.8 Å². The van der Waals surface area contributed by atoms with E-state index in [1.165, 1.54) is 11.8 Å². The van der Waals surface area contributed by atoms with E-state index < -0.39 is 5.97 Å². The molecule has 0 bridgehead atoms. The second-order valence-electron chi connectivity index (χ2n) is 4.55. The summed E-state index contributed by atoms with van der Waals surface area (Å²) in [7, 11) is 0. The number of rotatable bonds is 6. The van der Waals surface area contributed by atoms with Gasteiger partial charge in [-0.25, -0.2) is 0 Å². The van der Waals surface area contributed by atoms with Gasteiger partial charge < -0.3 is 10.4 Å². The molecule has 0 spiro atoms. The van der Waals surface area contributed by atoms with Crippen LogP contribution in [0.2, 0.25) is 0 Å². The molecule has 0 aromatic heterocycles. The van der Waals surface area contributed by atoms with E-state index >= 15 is 0 Å². The van der Waals surface area contributed by atoms with Crippen LogP contribution in [0.15, 0.2) is 48.5 Å². The number of aliphatic carboxylic acids is 1. The SMILES string of the molecule is O=C(O)CSCc1ccc(NC(=O)c2cccc(I)c2)cc1. The molecule has 2 N–H and O–H groups in total. The molecule has 0 saturated carbocycles. The van der Waals surface area contributed by atoms with Crippen molar-refractivity contribution in [3.63, 3.8) is 0 Å². The van der Waals surface area contributed by atoms with Crippen molar-refractivity contribution in [1.82, 2.24) is 0 Å². The standard InChI is InChI=1S/C16H14INO3S/c17-13-3-1-2-12(8-13)16(21)18-14-6-4-11(5-7-14)9-22-10-15(19)20/h1-8H,9-10H2,(H,18,21)(H,19,20). The topological polar surface area (TPSA) is 66.4 Å². The molecule has 0 aliphatic rings. The molecule has 1 amide bonds. The first-order valence-corrected chi connectivity index (χ1v) is 8.73. The van der Waals surface area contributed by atoms with Crippen LogP contribution < -0.4 is 5.32 Å². The highest BCUT2D eigenvalue weighted by Crippen LogP contribution is 2.16. The second kappa shape index (κ2) is 8.19. The zero-order chi connectivity index (χ0) is 15.9. The Bertz CT molecular complexity index is 673. The van der Waals surface area contributed by atoms with Crippen molar-refractivity contribution in [3.8, 4) is 0 Å². The summed E-state index contributed by atoms with van der Waals surface area (Å²) in [6.07, 6.45) is 0. The Hall–Kier alpha value is -1.54. The van der Waals surface area contributed by atoms with E-state index in [0.717, 1.165) is 14.8 Å². The lowest BCUT2D eigenvalue weighted by molar-refractivity contribution is -0.133. The molecule has 22 heavy (non-hydrogen) atoms. The summed E-state index contributed by atoms with van der Waals surface area (Å²) >= 11 is 3.51. The van der Waals surface area contributed by atoms with Gasteiger partial charge in [-0.3, -0.25) is 9.59 Å². The molecule has 0 aliphatic heterocycles. The number of nitrogens with one attached hydrogen (secondary N) is 1. The molecule has 2 rings (SSSR count). The maximum atomic E-state index is 12.1. The lowest BCUT2D eigenvalue weighted by atomic mass is 10.2. The zero-order valence-corrected chi connectivity index (χ0v) is 14.6. The first kappa shape index (κ1) is 16.8. The van der Waals surface area contributed by atoms with E-state index in [4.69, 9.17) is 5.11 Å². The van der Waals surface area contributed by atoms with Gasteiger partial charge in [0, 0.05) is 20.6 Å². The fourth-order valence-electron chi connectivity index (χ4n) is 1.77. The average Bonchev–Trinajstić information content (AvgIpc) is 2.48. The van der Waals surface area contributed by atoms with E-state index in [1.807, 2.05) is 42.5 Å². The number of amides is 1. The summed E-state index contributed by atoms with van der Waals surface area (Å²) < 4.78 is 1.01. The summed E-state index contributed by atoms with van der Waals surface area (Å²) in [6, 6.07) is 14.8. The van der Waals surface area contributed by atoms with Crippen molar-refractivity contribution in [2.45, 2.75) is 5.75 Å². The summed E-state index contributed by atoms with van der Waals surface area (Å²) in [5.74, 6) is -0.236. The third-order valence-corrected chi connectivity index (χ3v) is 4.45. The highest BCUT2D eigenvalue weighted by atomic mass is 127. The first-order chi connectivity index (χ1) is 10.5. The minimum absolute atomic E-state index is 0.0884. The van der Waals surface area contributed by atoms with Crippen molar-refractivity contribution in [1.29, 1.82) is 0 Å². The van der Waals surface area contributed by atoms with E-state index in [-0.39, 0.29) is 11.7 Å². The van der Waals surface area contributed by atoms with Crippen LogP contribution in [0.5, 0.6) is 0 Å². The third kappa shape index (κ3) is 5.34. The number of carboxylic acids is 1. The second-order valence-corrected chi connectivity index (χ2v) is 6.78. The number of hydrogen-bond acceptors (Lipinski definition) is 3. The fourth-order valence-corrected chi connectivity index (χ4v) is 3.02. The molecule has 0 unspecified atom stereocenters. The number of carbonyl (C=O) groups is 2. The molecule has 0 atom stereocenters. The lowest BCUT2D eigenvalue weighted by Crippen LogP contribution is -2.11. The highest BCUT2D eigenvalue weighted by molar-refractivity contribution is 14.1. The van der Waals surface area contributed by atoms with E-state index in [1.54, 1.807) is 6.07 Å². The lowest BCUT2D eigenvalue weighted by Gasteiger charge is -2.07. The van der Waals surface area contributed by atoms with Crippen LogP contribution in [0.25, 0.3) is 0 Å². The Labute approximate surface area is 146 Å². The molecule has 0 radical (unpaired) electrons. The normalized spacial score (nSPS) is 10.2. The van der Waals surface area contributed by atoms with Gasteiger partial charge in [0.25, 0.3) is 5.91 Å². The smallest absolute Gasteiger partial charge is 0.313 e. The minimum Gasteiger partial charge on any atom is -0.481 e. The number of thioether (sulfide) groups is 1. The Morgan fingerprint density at radius 3 is 2.50 bits per heavy atom. The van der Waals surface area contributed by atoms with Crippen molar-refractivity contribution in [3.05, 3.63) is 63.2 Å². The maximum absolute atomic E-state index is 12.1. The summed E-state index contributed by atoms with van der Waals surface area (Å²) in [5, 5.41) is 11.4. The van der Waals surface area contributed by atoms with Crippen molar-refractivity contribution in [2.75, 3.05) is 11.1 Å². The molecule has 114 valence electrons. The summed E-state index contributed by atoms with van der Waals surface area (Å²) in [5.41, 5.74) is 2.36. The van der Waals surface area contributed by atoms with Gasteiger partial charge >= 0.3 is 5.97 Å². The van der Waals surface area contributed by atoms with Crippen LogP contribution in [-0.4, -0.2) is 22.7 Å². The Morgan fingerprint density at radius 2 is 1.86 bits per heavy atom. The number of hydrogen-bond donors (Lipinski definition) is 2. The zero-order valence-electron chi connectivity index (χ0n) is 11.6. The van der Waals surface area contributed by atoms with Crippen molar-refractivity contribution in [2.24, 2.45) is 0 Å². The molecular formula is C16H14INO3S. The maximum Gasteiger partial charge on any atom is 0.313 e. The molecule has 2 aromatic rings. The number of carboxylic acid groups (broad SMARTS) is 1. The predicted octanol–water partition coefficient (Wildman–Crippen LogP) is 3.86. The molecule has 4 nitrogen and oxygen atoms in total. The van der Waals surface area contributed by atoms with Crippen LogP contribution in [-0.2, 0) is 10.5 Å². The highest BCUT2D eigenvalue weighted by Gasteiger charge is 2.06. The number of benzene rings is 2. The number of carbonyl (C=O) groups excluding carboxylic acids is 1. The van der Waals surface area contributed by atoms with E-state index in [0.29, 0.717) is 11.3 Å². The third-order valence-electron chi connectivity index (χ3n) is 2.79. The van der Waals surface area contributed by atoms with Gasteiger partial charge in [-0.1, -0.05) is 18.2 Å². The van der Waals surface area contributed by atoms with Gasteiger partial charge in [0.05, 0.1) is 5.75 Å². The predicted molar refractivity (Wildman–Crippen MR) is 97.4 cm³/mol. The molecule has 0 heterocycles. The Kier molecular flexibility index (Phi) is 6.26. The Balaban J connectivity index is 1.93. The van der Waals surface area contributed by atoms with Crippen LogP contribution in [0.4, 0.5) is 5.69 Å². The van der Waals surface area contributed by atoms with Gasteiger partial charge in [0.2, 0.25) is 0 Å². The van der Waals surface area contributed by atoms with Crippen molar-refractivity contribution < 1.29 is 14.7 Å². The Morgan fingerprint density at radius 1 is 1.14 bits per heavy atom. The molecule has 2 aromatic carbocycles.